The molecule has 0 aliphatic heterocycles. The number of hydrogen-bond donors (Lipinski definition) is 0. The van der Waals surface area contributed by atoms with E-state index in [1.165, 1.54) is 0 Å². The molecule has 0 amide bonds. The second kappa shape index (κ2) is 18.7. The summed E-state index contributed by atoms with van der Waals surface area (Å²) >= 11 is -4.52. The van der Waals surface area contributed by atoms with Gasteiger partial charge < -0.3 is 0 Å². The first kappa shape index (κ1) is 40.2. The van der Waals surface area contributed by atoms with E-state index in [1.807, 2.05) is 0 Å². The zero-order valence-electron chi connectivity index (χ0n) is 29.4. The Bertz CT molecular complexity index is 529. The predicted molar refractivity (Wildman–Crippen MR) is 173 cm³/mol. The Morgan fingerprint density at radius 2 is 0.564 bits per heavy atom. The van der Waals surface area contributed by atoms with E-state index >= 15 is 0 Å². The van der Waals surface area contributed by atoms with E-state index in [0.717, 1.165) is 36.3 Å². The molecule has 0 aromatic rings. The molecule has 0 fully saturated rings. The van der Waals surface area contributed by atoms with Crippen LogP contribution in [0.4, 0.5) is 0 Å². The van der Waals surface area contributed by atoms with Gasteiger partial charge in [-0.3, -0.25) is 0 Å². The molecule has 0 spiro atoms. The van der Waals surface area contributed by atoms with E-state index < -0.39 is 38.7 Å². The van der Waals surface area contributed by atoms with Crippen molar-refractivity contribution in [2.75, 3.05) is 13.2 Å². The SMILES string of the molecule is CC(C)C[O][Zr]([O]CC(C)C)([O][Si](CC(C)C)(CC(C)C)CC(C)C)[O][Si](CC(C)C)(CC(C)C)CC(C)C. The van der Waals surface area contributed by atoms with Gasteiger partial charge in [0, 0.05) is 0 Å². The van der Waals surface area contributed by atoms with Gasteiger partial charge in [0.25, 0.3) is 0 Å². The molecule has 4 nitrogen and oxygen atoms in total. The average molecular weight is 668 g/mol. The quantitative estimate of drug-likeness (QED) is 0.108. The third-order valence-corrected chi connectivity index (χ3v) is 29.9. The fraction of sp³-hybridized carbons (Fsp3) is 1.00. The Kier molecular flexibility index (Phi) is 19.3. The molecule has 39 heavy (non-hydrogen) atoms. The first-order chi connectivity index (χ1) is 17.7. The van der Waals surface area contributed by atoms with Crippen LogP contribution in [0.25, 0.3) is 0 Å². The molecule has 0 aliphatic carbocycles. The third-order valence-electron chi connectivity index (χ3n) is 6.55. The summed E-state index contributed by atoms with van der Waals surface area (Å²) in [5.74, 6) is 4.30. The minimum absolute atomic E-state index is 0.406. The summed E-state index contributed by atoms with van der Waals surface area (Å²) in [6, 6.07) is 6.88. The van der Waals surface area contributed by atoms with Crippen LogP contribution >= 0.6 is 0 Å². The van der Waals surface area contributed by atoms with E-state index in [-0.39, 0.29) is 0 Å². The van der Waals surface area contributed by atoms with Gasteiger partial charge in [0.05, 0.1) is 0 Å². The maximum atomic E-state index is 7.78. The van der Waals surface area contributed by atoms with Gasteiger partial charge in [-0.05, 0) is 0 Å². The molecule has 0 rings (SSSR count). The van der Waals surface area contributed by atoms with Crippen LogP contribution in [0.3, 0.4) is 0 Å². The topological polar surface area (TPSA) is 36.9 Å². The van der Waals surface area contributed by atoms with Crippen molar-refractivity contribution in [3.8, 4) is 0 Å². The molecule has 0 saturated heterocycles. The first-order valence-electron chi connectivity index (χ1n) is 16.4. The normalized spacial score (nSPS) is 14.2. The van der Waals surface area contributed by atoms with Crippen LogP contribution < -0.4 is 0 Å². The zero-order valence-corrected chi connectivity index (χ0v) is 33.9. The van der Waals surface area contributed by atoms with Crippen LogP contribution in [0.15, 0.2) is 0 Å². The van der Waals surface area contributed by atoms with Crippen LogP contribution in [-0.4, -0.2) is 29.8 Å². The number of rotatable bonds is 22. The summed E-state index contributed by atoms with van der Waals surface area (Å²) in [5, 5.41) is 0. The Morgan fingerprint density at radius 1 is 0.359 bits per heavy atom. The fourth-order valence-electron chi connectivity index (χ4n) is 6.46. The van der Waals surface area contributed by atoms with Crippen molar-refractivity contribution in [1.82, 2.24) is 0 Å². The molecule has 0 N–H and O–H groups in total. The minimum atomic E-state index is -4.52. The zero-order chi connectivity index (χ0) is 30.6. The molecule has 7 heteroatoms. The van der Waals surface area contributed by atoms with Crippen molar-refractivity contribution in [2.24, 2.45) is 47.3 Å². The van der Waals surface area contributed by atoms with E-state index in [9.17, 15) is 0 Å². The standard InChI is InChI=1S/2C12H27OSi.2C4H9O.Zr/c2*1-10(2)7-14(13,8-11(3)4)9-12(5)6;2*1-4(2)3-5;/h2*10-12H,7-9H2,1-6H3;2*4H,3H2,1-2H3;/q4*-1;+4. The Balaban J connectivity index is 7.23. The number of hydrogen-bond acceptors (Lipinski definition) is 4. The summed E-state index contributed by atoms with van der Waals surface area (Å²) in [6.07, 6.45) is 0. The van der Waals surface area contributed by atoms with E-state index in [0.29, 0.717) is 60.6 Å². The van der Waals surface area contributed by atoms with Gasteiger partial charge in [0.15, 0.2) is 0 Å². The van der Waals surface area contributed by atoms with E-state index in [2.05, 4.69) is 111 Å². The second-order valence-electron chi connectivity index (χ2n) is 16.1. The molecule has 0 aromatic carbocycles. The summed E-state index contributed by atoms with van der Waals surface area (Å²) in [5.41, 5.74) is 0. The van der Waals surface area contributed by atoms with Gasteiger partial charge in [-0.1, -0.05) is 0 Å². The van der Waals surface area contributed by atoms with Crippen molar-refractivity contribution < 1.29 is 32.7 Å². The van der Waals surface area contributed by atoms with Crippen LogP contribution in [-0.2, 0) is 32.7 Å². The summed E-state index contributed by atoms with van der Waals surface area (Å²) in [7, 11) is -4.49. The summed E-state index contributed by atoms with van der Waals surface area (Å²) < 4.78 is 29.7. The second-order valence-corrected chi connectivity index (χ2v) is 30.5. The molecular formula is C32H72O4Si2Zr. The first-order valence-corrected chi connectivity index (χ1v) is 25.5. The molecule has 0 saturated carbocycles. The Hall–Kier alpha value is 1.16. The van der Waals surface area contributed by atoms with E-state index in [4.69, 9.17) is 10.6 Å². The molecular weight excluding hydrogens is 596 g/mol. The third kappa shape index (κ3) is 17.8. The van der Waals surface area contributed by atoms with Gasteiger partial charge in [-0.15, -0.1) is 0 Å². The molecule has 0 radical (unpaired) electrons. The van der Waals surface area contributed by atoms with Gasteiger partial charge in [0.1, 0.15) is 0 Å². The summed E-state index contributed by atoms with van der Waals surface area (Å²) in [6.45, 7) is 38.6. The molecule has 0 atom stereocenters. The van der Waals surface area contributed by atoms with Gasteiger partial charge in [-0.2, -0.15) is 0 Å². The van der Waals surface area contributed by atoms with Crippen LogP contribution in [0.5, 0.6) is 0 Å². The Morgan fingerprint density at radius 3 is 0.718 bits per heavy atom. The van der Waals surface area contributed by atoms with Crippen LogP contribution in [0.2, 0.25) is 36.3 Å². The predicted octanol–water partition coefficient (Wildman–Crippen LogP) is 11.0. The fourth-order valence-corrected chi connectivity index (χ4v) is 35.4. The van der Waals surface area contributed by atoms with E-state index in [1.54, 1.807) is 0 Å². The molecule has 0 heterocycles. The molecule has 0 bridgehead atoms. The van der Waals surface area contributed by atoms with Crippen molar-refractivity contribution in [3.63, 3.8) is 0 Å². The summed E-state index contributed by atoms with van der Waals surface area (Å²) in [4.78, 5) is 0. The van der Waals surface area contributed by atoms with Crippen molar-refractivity contribution in [2.45, 2.75) is 147 Å². The van der Waals surface area contributed by atoms with Gasteiger partial charge >= 0.3 is 257 Å². The van der Waals surface area contributed by atoms with Gasteiger partial charge in [-0.25, -0.2) is 0 Å². The van der Waals surface area contributed by atoms with Crippen LogP contribution in [0.1, 0.15) is 111 Å². The monoisotopic (exact) mass is 666 g/mol. The maximum absolute atomic E-state index is 7.78. The van der Waals surface area contributed by atoms with Crippen molar-refractivity contribution in [1.29, 1.82) is 0 Å². The van der Waals surface area contributed by atoms with Gasteiger partial charge in [0.2, 0.25) is 0 Å². The molecule has 0 aliphatic rings. The van der Waals surface area contributed by atoms with Crippen molar-refractivity contribution >= 4 is 16.6 Å². The van der Waals surface area contributed by atoms with Crippen molar-refractivity contribution in [3.05, 3.63) is 0 Å². The Labute approximate surface area is 255 Å². The molecule has 0 unspecified atom stereocenters. The average Bonchev–Trinajstić information content (AvgIpc) is 2.67. The van der Waals surface area contributed by atoms with Crippen LogP contribution in [0, 0.1) is 47.3 Å². The molecule has 236 valence electrons. The molecule has 0 aromatic heterocycles.